The van der Waals surface area contributed by atoms with E-state index in [0.717, 1.165) is 48.3 Å². The molecule has 0 aromatic heterocycles. The summed E-state index contributed by atoms with van der Waals surface area (Å²) in [7, 11) is 0. The van der Waals surface area contributed by atoms with E-state index < -0.39 is 0 Å². The summed E-state index contributed by atoms with van der Waals surface area (Å²) in [6, 6.07) is 1.90. The first-order valence-electron chi connectivity index (χ1n) is 7.23. The molecule has 3 aliphatic rings. The number of hydrogen-bond acceptors (Lipinski definition) is 3. The Bertz CT molecular complexity index is 541. The number of hydrogen-bond donors (Lipinski definition) is 1. The second-order valence-electron chi connectivity index (χ2n) is 6.39. The van der Waals surface area contributed by atoms with Crippen LogP contribution in [0.5, 0.6) is 11.5 Å². The summed E-state index contributed by atoms with van der Waals surface area (Å²) in [6.45, 7) is 4.86. The van der Waals surface area contributed by atoms with Crippen molar-refractivity contribution in [2.24, 2.45) is 0 Å². The smallest absolute Gasteiger partial charge is 0.127 e. The van der Waals surface area contributed by atoms with Crippen LogP contribution >= 0.6 is 0 Å². The third-order valence-corrected chi connectivity index (χ3v) is 5.22. The molecule has 0 radical (unpaired) electrons. The average molecular weight is 260 g/mol. The molecule has 1 spiro atoms. The van der Waals surface area contributed by atoms with Gasteiger partial charge < -0.3 is 14.6 Å². The van der Waals surface area contributed by atoms with Crippen molar-refractivity contribution in [3.63, 3.8) is 0 Å². The Kier molecular flexibility index (Phi) is 2.23. The molecule has 2 fully saturated rings. The highest BCUT2D eigenvalue weighted by Crippen LogP contribution is 2.54. The summed E-state index contributed by atoms with van der Waals surface area (Å²) in [4.78, 5) is 0. The first-order chi connectivity index (χ1) is 9.10. The molecule has 2 atom stereocenters. The first-order valence-corrected chi connectivity index (χ1v) is 7.23. The molecule has 2 aliphatic heterocycles. The molecule has 19 heavy (non-hydrogen) atoms. The lowest BCUT2D eigenvalue weighted by atomic mass is 9.69. The lowest BCUT2D eigenvalue weighted by Crippen LogP contribution is -2.47. The van der Waals surface area contributed by atoms with E-state index in [9.17, 15) is 5.11 Å². The van der Waals surface area contributed by atoms with Gasteiger partial charge in [-0.3, -0.25) is 0 Å². The summed E-state index contributed by atoms with van der Waals surface area (Å²) in [5.41, 5.74) is 3.23. The van der Waals surface area contributed by atoms with Crippen LogP contribution in [0.25, 0.3) is 0 Å². The maximum Gasteiger partial charge on any atom is 0.127 e. The predicted octanol–water partition coefficient (Wildman–Crippen LogP) is 3.20. The number of aromatic hydroxyl groups is 1. The van der Waals surface area contributed by atoms with Gasteiger partial charge in [0.2, 0.25) is 0 Å². The molecule has 1 aliphatic carbocycles. The fraction of sp³-hybridized carbons (Fsp3) is 0.625. The van der Waals surface area contributed by atoms with Gasteiger partial charge in [0.1, 0.15) is 17.1 Å². The van der Waals surface area contributed by atoms with E-state index in [2.05, 4.69) is 6.92 Å². The Hall–Kier alpha value is -1.22. The Balaban J connectivity index is 1.85. The van der Waals surface area contributed by atoms with Gasteiger partial charge in [-0.2, -0.15) is 0 Å². The highest BCUT2D eigenvalue weighted by molar-refractivity contribution is 5.55. The Labute approximate surface area is 113 Å². The van der Waals surface area contributed by atoms with Gasteiger partial charge in [-0.05, 0) is 56.7 Å². The van der Waals surface area contributed by atoms with Gasteiger partial charge in [-0.25, -0.2) is 0 Å². The maximum atomic E-state index is 10.1. The molecular weight excluding hydrogens is 240 g/mol. The summed E-state index contributed by atoms with van der Waals surface area (Å²) >= 11 is 0. The second-order valence-corrected chi connectivity index (χ2v) is 6.39. The molecule has 4 rings (SSSR count). The lowest BCUT2D eigenvalue weighted by molar-refractivity contribution is -0.0367. The number of phenols is 1. The van der Waals surface area contributed by atoms with Gasteiger partial charge in [0.25, 0.3) is 0 Å². The van der Waals surface area contributed by atoms with Gasteiger partial charge in [0.05, 0.1) is 12.7 Å². The number of epoxide rings is 1. The Morgan fingerprint density at radius 2 is 2.00 bits per heavy atom. The van der Waals surface area contributed by atoms with E-state index in [0.29, 0.717) is 17.8 Å². The molecule has 1 aromatic rings. The molecule has 2 unspecified atom stereocenters. The molecule has 2 heterocycles. The third kappa shape index (κ3) is 1.61. The van der Waals surface area contributed by atoms with Crippen molar-refractivity contribution in [3.8, 4) is 11.5 Å². The number of ether oxygens (including phenoxy) is 2. The minimum atomic E-state index is 0.0534. The zero-order valence-corrected chi connectivity index (χ0v) is 11.5. The number of rotatable bonds is 1. The highest BCUT2D eigenvalue weighted by atomic mass is 16.6. The molecule has 0 bridgehead atoms. The quantitative estimate of drug-likeness (QED) is 0.788. The zero-order valence-electron chi connectivity index (χ0n) is 11.5. The van der Waals surface area contributed by atoms with Crippen LogP contribution in [0.3, 0.4) is 0 Å². The predicted molar refractivity (Wildman–Crippen MR) is 71.9 cm³/mol. The number of phenolic OH excluding ortho intramolecular Hbond substituents is 1. The fourth-order valence-corrected chi connectivity index (χ4v) is 3.58. The molecule has 1 saturated heterocycles. The van der Waals surface area contributed by atoms with E-state index in [1.807, 2.05) is 13.0 Å². The lowest BCUT2D eigenvalue weighted by Gasteiger charge is -2.48. The molecular formula is C16H20O3. The van der Waals surface area contributed by atoms with Crippen molar-refractivity contribution in [2.45, 2.75) is 57.2 Å². The van der Waals surface area contributed by atoms with Crippen LogP contribution in [-0.4, -0.2) is 23.4 Å². The van der Waals surface area contributed by atoms with Crippen molar-refractivity contribution < 1.29 is 14.6 Å². The molecule has 3 heteroatoms. The van der Waals surface area contributed by atoms with Gasteiger partial charge in [-0.1, -0.05) is 0 Å². The standard InChI is InChI=1S/C16H20O3/c1-9-10(2)15-11(6-13(9)17)12(14-8-18-14)7-16(19-15)4-3-5-16/h6,12,14,17H,3-5,7-8H2,1-2H3. The molecule has 0 amide bonds. The normalized spacial score (nSPS) is 30.4. The van der Waals surface area contributed by atoms with E-state index in [4.69, 9.17) is 9.47 Å². The van der Waals surface area contributed by atoms with Crippen molar-refractivity contribution in [1.82, 2.24) is 0 Å². The van der Waals surface area contributed by atoms with Crippen LogP contribution in [0.15, 0.2) is 6.07 Å². The van der Waals surface area contributed by atoms with E-state index in [1.54, 1.807) is 0 Å². The van der Waals surface area contributed by atoms with Gasteiger partial charge in [-0.15, -0.1) is 0 Å². The minimum Gasteiger partial charge on any atom is -0.508 e. The van der Waals surface area contributed by atoms with Crippen LogP contribution < -0.4 is 4.74 Å². The van der Waals surface area contributed by atoms with E-state index >= 15 is 0 Å². The van der Waals surface area contributed by atoms with Crippen molar-refractivity contribution in [3.05, 3.63) is 22.8 Å². The van der Waals surface area contributed by atoms with Crippen LogP contribution in [0, 0.1) is 13.8 Å². The van der Waals surface area contributed by atoms with Crippen molar-refractivity contribution >= 4 is 0 Å². The zero-order chi connectivity index (χ0) is 13.2. The summed E-state index contributed by atoms with van der Waals surface area (Å²) in [5, 5.41) is 10.1. The van der Waals surface area contributed by atoms with Gasteiger partial charge >= 0.3 is 0 Å². The SMILES string of the molecule is Cc1c(O)cc2c(c1C)OC1(CCC1)CC2C1CO1. The van der Waals surface area contributed by atoms with E-state index in [-0.39, 0.29) is 5.60 Å². The van der Waals surface area contributed by atoms with E-state index in [1.165, 1.54) is 6.42 Å². The van der Waals surface area contributed by atoms with Crippen LogP contribution in [0.4, 0.5) is 0 Å². The van der Waals surface area contributed by atoms with Crippen LogP contribution in [-0.2, 0) is 4.74 Å². The summed E-state index contributed by atoms with van der Waals surface area (Å²) in [6.07, 6.45) is 4.97. The second kappa shape index (κ2) is 3.66. The summed E-state index contributed by atoms with van der Waals surface area (Å²) in [5.74, 6) is 1.80. The maximum absolute atomic E-state index is 10.1. The molecule has 1 aromatic carbocycles. The average Bonchev–Trinajstić information content (AvgIpc) is 3.18. The van der Waals surface area contributed by atoms with Gasteiger partial charge in [0, 0.05) is 11.5 Å². The van der Waals surface area contributed by atoms with Gasteiger partial charge in [0.15, 0.2) is 0 Å². The number of fused-ring (bicyclic) bond motifs is 1. The topological polar surface area (TPSA) is 42.0 Å². The largest absolute Gasteiger partial charge is 0.508 e. The monoisotopic (exact) mass is 260 g/mol. The van der Waals surface area contributed by atoms with Crippen molar-refractivity contribution in [2.75, 3.05) is 6.61 Å². The minimum absolute atomic E-state index is 0.0534. The molecule has 3 nitrogen and oxygen atoms in total. The fourth-order valence-electron chi connectivity index (χ4n) is 3.58. The molecule has 1 saturated carbocycles. The number of benzene rings is 1. The summed E-state index contributed by atoms with van der Waals surface area (Å²) < 4.78 is 11.9. The molecule has 1 N–H and O–H groups in total. The molecule has 102 valence electrons. The first kappa shape index (κ1) is 11.6. The van der Waals surface area contributed by atoms with Crippen molar-refractivity contribution in [1.29, 1.82) is 0 Å². The Morgan fingerprint density at radius 1 is 1.26 bits per heavy atom. The third-order valence-electron chi connectivity index (χ3n) is 5.22. The highest BCUT2D eigenvalue weighted by Gasteiger charge is 2.50. The van der Waals surface area contributed by atoms with Crippen LogP contribution in [0.1, 0.15) is 48.3 Å². The Morgan fingerprint density at radius 3 is 2.58 bits per heavy atom. The van der Waals surface area contributed by atoms with Crippen LogP contribution in [0.2, 0.25) is 0 Å².